The van der Waals surface area contributed by atoms with E-state index in [-0.39, 0.29) is 0 Å². The molecule has 0 radical (unpaired) electrons. The minimum Gasteiger partial charge on any atom is -0.338 e. The van der Waals surface area contributed by atoms with Crippen LogP contribution >= 0.6 is 0 Å². The molecule has 5 nitrogen and oxygen atoms in total. The molecule has 1 saturated heterocycles. The number of nitrogens with zero attached hydrogens (tertiary/aromatic N) is 5. The normalized spacial score (nSPS) is 21.3. The SMILES string of the molecule is CCc1nnc(N2CCCN(C3CCCC3)CC2)nc1CC. The Morgan fingerprint density at radius 3 is 2.36 bits per heavy atom. The number of anilines is 1. The molecule has 0 unspecified atom stereocenters. The molecule has 0 bridgehead atoms. The van der Waals surface area contributed by atoms with Crippen LogP contribution in [0.3, 0.4) is 0 Å². The molecule has 3 rings (SSSR count). The van der Waals surface area contributed by atoms with E-state index in [1.165, 1.54) is 38.6 Å². The summed E-state index contributed by atoms with van der Waals surface area (Å²) in [7, 11) is 0. The van der Waals surface area contributed by atoms with Crippen molar-refractivity contribution < 1.29 is 0 Å². The summed E-state index contributed by atoms with van der Waals surface area (Å²) in [6.07, 6.45) is 8.67. The summed E-state index contributed by atoms with van der Waals surface area (Å²) in [5, 5.41) is 8.79. The first-order valence-electron chi connectivity index (χ1n) is 9.03. The molecule has 0 aromatic carbocycles. The van der Waals surface area contributed by atoms with Gasteiger partial charge < -0.3 is 4.90 Å². The number of hydrogen-bond acceptors (Lipinski definition) is 5. The van der Waals surface area contributed by atoms with Crippen LogP contribution in [0.5, 0.6) is 0 Å². The molecule has 0 amide bonds. The van der Waals surface area contributed by atoms with Crippen molar-refractivity contribution in [3.8, 4) is 0 Å². The van der Waals surface area contributed by atoms with E-state index in [1.54, 1.807) is 0 Å². The largest absolute Gasteiger partial charge is 0.338 e. The summed E-state index contributed by atoms with van der Waals surface area (Å²) in [5.74, 6) is 0.835. The Bertz CT molecular complexity index is 484. The molecule has 0 atom stereocenters. The maximum absolute atomic E-state index is 4.78. The quantitative estimate of drug-likeness (QED) is 0.855. The van der Waals surface area contributed by atoms with Crippen molar-refractivity contribution in [1.82, 2.24) is 20.1 Å². The maximum atomic E-state index is 4.78. The van der Waals surface area contributed by atoms with E-state index in [9.17, 15) is 0 Å². The smallest absolute Gasteiger partial charge is 0.245 e. The lowest BCUT2D eigenvalue weighted by molar-refractivity contribution is 0.213. The van der Waals surface area contributed by atoms with Crippen LogP contribution in [0.4, 0.5) is 5.95 Å². The third-order valence-corrected chi connectivity index (χ3v) is 5.15. The molecule has 1 aliphatic heterocycles. The minimum atomic E-state index is 0.827. The van der Waals surface area contributed by atoms with E-state index in [1.807, 2.05) is 0 Å². The van der Waals surface area contributed by atoms with E-state index < -0.39 is 0 Å². The van der Waals surface area contributed by atoms with E-state index in [0.717, 1.165) is 55.9 Å². The van der Waals surface area contributed by atoms with Gasteiger partial charge in [0, 0.05) is 32.2 Å². The fraction of sp³-hybridized carbons (Fsp3) is 0.824. The van der Waals surface area contributed by atoms with E-state index in [0.29, 0.717) is 0 Å². The van der Waals surface area contributed by atoms with Crippen molar-refractivity contribution in [2.24, 2.45) is 0 Å². The van der Waals surface area contributed by atoms with Crippen LogP contribution < -0.4 is 4.90 Å². The van der Waals surface area contributed by atoms with Gasteiger partial charge in [0.25, 0.3) is 0 Å². The van der Waals surface area contributed by atoms with Crippen LogP contribution in [0, 0.1) is 0 Å². The van der Waals surface area contributed by atoms with Gasteiger partial charge in [0.05, 0.1) is 11.4 Å². The van der Waals surface area contributed by atoms with Crippen LogP contribution in [-0.4, -0.2) is 52.3 Å². The van der Waals surface area contributed by atoms with Gasteiger partial charge in [0.15, 0.2) is 0 Å². The Morgan fingerprint density at radius 1 is 0.864 bits per heavy atom. The lowest BCUT2D eigenvalue weighted by Crippen LogP contribution is -2.37. The van der Waals surface area contributed by atoms with Gasteiger partial charge in [-0.1, -0.05) is 26.7 Å². The zero-order chi connectivity index (χ0) is 15.4. The standard InChI is InChI=1S/C17H29N5/c1-3-15-16(4-2)19-20-17(18-15)22-11-7-10-21(12-13-22)14-8-5-6-9-14/h14H,3-13H2,1-2H3. The first kappa shape index (κ1) is 15.7. The monoisotopic (exact) mass is 303 g/mol. The summed E-state index contributed by atoms with van der Waals surface area (Å²) in [6, 6.07) is 0.827. The average Bonchev–Trinajstić information content (AvgIpc) is 2.99. The molecule has 122 valence electrons. The molecule has 2 aliphatic rings. The van der Waals surface area contributed by atoms with Crippen molar-refractivity contribution in [3.05, 3.63) is 11.4 Å². The van der Waals surface area contributed by atoms with Gasteiger partial charge in [0.2, 0.25) is 5.95 Å². The second-order valence-electron chi connectivity index (χ2n) is 6.53. The summed E-state index contributed by atoms with van der Waals surface area (Å²) < 4.78 is 0. The van der Waals surface area contributed by atoms with E-state index in [4.69, 9.17) is 4.98 Å². The highest BCUT2D eigenvalue weighted by molar-refractivity contribution is 5.30. The van der Waals surface area contributed by atoms with Gasteiger partial charge >= 0.3 is 0 Å². The molecule has 2 heterocycles. The van der Waals surface area contributed by atoms with Crippen molar-refractivity contribution in [2.45, 2.75) is 64.8 Å². The van der Waals surface area contributed by atoms with Gasteiger partial charge in [-0.25, -0.2) is 4.98 Å². The number of aromatic nitrogens is 3. The topological polar surface area (TPSA) is 45.2 Å². The fourth-order valence-electron chi connectivity index (χ4n) is 3.83. The molecule has 0 N–H and O–H groups in total. The highest BCUT2D eigenvalue weighted by Gasteiger charge is 2.25. The van der Waals surface area contributed by atoms with E-state index in [2.05, 4.69) is 33.8 Å². The van der Waals surface area contributed by atoms with Crippen molar-refractivity contribution >= 4 is 5.95 Å². The van der Waals surface area contributed by atoms with Gasteiger partial charge in [-0.3, -0.25) is 4.90 Å². The zero-order valence-corrected chi connectivity index (χ0v) is 14.1. The zero-order valence-electron chi connectivity index (χ0n) is 14.1. The first-order chi connectivity index (χ1) is 10.8. The van der Waals surface area contributed by atoms with Crippen molar-refractivity contribution in [2.75, 3.05) is 31.1 Å². The Morgan fingerprint density at radius 2 is 1.64 bits per heavy atom. The van der Waals surface area contributed by atoms with Crippen LogP contribution in [0.2, 0.25) is 0 Å². The first-order valence-corrected chi connectivity index (χ1v) is 9.03. The molecular formula is C17H29N5. The number of aryl methyl sites for hydroxylation is 2. The highest BCUT2D eigenvalue weighted by atomic mass is 15.3. The molecule has 0 spiro atoms. The van der Waals surface area contributed by atoms with Crippen molar-refractivity contribution in [1.29, 1.82) is 0 Å². The summed E-state index contributed by atoms with van der Waals surface area (Å²) in [5.41, 5.74) is 2.16. The van der Waals surface area contributed by atoms with Gasteiger partial charge in [-0.05, 0) is 32.1 Å². The lowest BCUT2D eigenvalue weighted by Gasteiger charge is -2.27. The molecule has 1 aromatic rings. The van der Waals surface area contributed by atoms with E-state index >= 15 is 0 Å². The summed E-state index contributed by atoms with van der Waals surface area (Å²) in [6.45, 7) is 8.73. The number of rotatable bonds is 4. The van der Waals surface area contributed by atoms with Gasteiger partial charge in [-0.15, -0.1) is 5.10 Å². The molecule has 22 heavy (non-hydrogen) atoms. The van der Waals surface area contributed by atoms with Gasteiger partial charge in [0.1, 0.15) is 0 Å². The third kappa shape index (κ3) is 3.40. The second kappa shape index (κ2) is 7.36. The molecule has 1 aliphatic carbocycles. The summed E-state index contributed by atoms with van der Waals surface area (Å²) in [4.78, 5) is 9.81. The molecule has 1 saturated carbocycles. The molecular weight excluding hydrogens is 274 g/mol. The highest BCUT2D eigenvalue weighted by Crippen LogP contribution is 2.24. The average molecular weight is 303 g/mol. The predicted molar refractivity (Wildman–Crippen MR) is 89.2 cm³/mol. The Labute approximate surface area is 134 Å². The second-order valence-corrected chi connectivity index (χ2v) is 6.53. The van der Waals surface area contributed by atoms with Crippen LogP contribution in [-0.2, 0) is 12.8 Å². The van der Waals surface area contributed by atoms with Crippen molar-refractivity contribution in [3.63, 3.8) is 0 Å². The summed E-state index contributed by atoms with van der Waals surface area (Å²) >= 11 is 0. The maximum Gasteiger partial charge on any atom is 0.245 e. The van der Waals surface area contributed by atoms with Crippen LogP contribution in [0.15, 0.2) is 0 Å². The number of hydrogen-bond donors (Lipinski definition) is 0. The minimum absolute atomic E-state index is 0.827. The Balaban J connectivity index is 1.67. The van der Waals surface area contributed by atoms with Crippen LogP contribution in [0.1, 0.15) is 57.3 Å². The third-order valence-electron chi connectivity index (χ3n) is 5.15. The van der Waals surface area contributed by atoms with Crippen LogP contribution in [0.25, 0.3) is 0 Å². The molecule has 5 heteroatoms. The molecule has 2 fully saturated rings. The Hall–Kier alpha value is -1.23. The predicted octanol–water partition coefficient (Wildman–Crippen LogP) is 2.45. The lowest BCUT2D eigenvalue weighted by atomic mass is 10.2. The Kier molecular flexibility index (Phi) is 5.24. The van der Waals surface area contributed by atoms with Gasteiger partial charge in [-0.2, -0.15) is 5.10 Å². The molecule has 1 aromatic heterocycles. The fourth-order valence-corrected chi connectivity index (χ4v) is 3.83.